The molecule has 0 fully saturated rings. The van der Waals surface area contributed by atoms with Gasteiger partial charge in [0.2, 0.25) is 0 Å². The molecule has 0 saturated heterocycles. The summed E-state index contributed by atoms with van der Waals surface area (Å²) in [6.45, 7) is 11.7. The van der Waals surface area contributed by atoms with Crippen LogP contribution in [0.1, 0.15) is 47.1 Å². The Hall–Kier alpha value is -3.46. The summed E-state index contributed by atoms with van der Waals surface area (Å²) in [5.74, 6) is -0.454. The van der Waals surface area contributed by atoms with Crippen LogP contribution in [0.3, 0.4) is 0 Å². The number of halogens is 2. The maximum absolute atomic E-state index is 15.4. The Morgan fingerprint density at radius 2 is 1.54 bits per heavy atom. The van der Waals surface area contributed by atoms with Crippen molar-refractivity contribution in [3.05, 3.63) is 47.1 Å². The lowest BCUT2D eigenvalue weighted by molar-refractivity contribution is 0.0430. The van der Waals surface area contributed by atoms with Crippen LogP contribution in [0.15, 0.2) is 30.7 Å². The number of amides is 2. The van der Waals surface area contributed by atoms with Gasteiger partial charge in [-0.3, -0.25) is 4.98 Å². The Morgan fingerprint density at radius 3 is 2.09 bits per heavy atom. The molecule has 0 unspecified atom stereocenters. The van der Waals surface area contributed by atoms with E-state index in [1.165, 1.54) is 18.6 Å². The molecule has 0 aliphatic rings. The molecule has 0 bridgehead atoms. The predicted molar refractivity (Wildman–Crippen MR) is 134 cm³/mol. The van der Waals surface area contributed by atoms with Crippen molar-refractivity contribution in [3.8, 4) is 11.1 Å². The minimum Gasteiger partial charge on any atom is -0.443 e. The van der Waals surface area contributed by atoms with Crippen molar-refractivity contribution in [2.75, 3.05) is 10.6 Å². The van der Waals surface area contributed by atoms with E-state index >= 15 is 4.39 Å². The average Bonchev–Trinajstić information content (AvgIpc) is 2.69. The van der Waals surface area contributed by atoms with Gasteiger partial charge in [-0.2, -0.15) is 4.90 Å². The second-order valence-electron chi connectivity index (χ2n) is 10.0. The van der Waals surface area contributed by atoms with E-state index in [-0.39, 0.29) is 22.1 Å². The molecule has 0 saturated carbocycles. The van der Waals surface area contributed by atoms with Crippen LogP contribution in [0.2, 0.25) is 5.02 Å². The molecule has 2 aromatic heterocycles. The van der Waals surface area contributed by atoms with Crippen molar-refractivity contribution >= 4 is 46.1 Å². The minimum absolute atomic E-state index is 0.0795. The number of imide groups is 1. The zero-order chi connectivity index (χ0) is 26.3. The molecule has 0 aliphatic carbocycles. The zero-order valence-electron chi connectivity index (χ0n) is 20.7. The molecule has 35 heavy (non-hydrogen) atoms. The molecule has 3 rings (SSSR count). The molecular formula is C25H28ClFN4O4. The monoisotopic (exact) mass is 502 g/mol. The lowest BCUT2D eigenvalue weighted by Crippen LogP contribution is -2.44. The predicted octanol–water partition coefficient (Wildman–Crippen LogP) is 6.66. The van der Waals surface area contributed by atoms with E-state index in [0.29, 0.717) is 21.9 Å². The van der Waals surface area contributed by atoms with Crippen molar-refractivity contribution in [3.63, 3.8) is 0 Å². The third kappa shape index (κ3) is 5.79. The number of hydrogen-bond donors (Lipinski definition) is 1. The van der Waals surface area contributed by atoms with Crippen molar-refractivity contribution in [1.29, 1.82) is 0 Å². The van der Waals surface area contributed by atoms with Gasteiger partial charge in [0.05, 0.1) is 16.9 Å². The summed E-state index contributed by atoms with van der Waals surface area (Å²) in [7, 11) is 0. The number of aromatic nitrogens is 2. The number of fused-ring (bicyclic) bond motifs is 1. The highest BCUT2D eigenvalue weighted by Crippen LogP contribution is 2.38. The van der Waals surface area contributed by atoms with Crippen LogP contribution >= 0.6 is 11.6 Å². The van der Waals surface area contributed by atoms with Gasteiger partial charge in [0.1, 0.15) is 22.8 Å². The molecule has 0 spiro atoms. The molecule has 10 heteroatoms. The summed E-state index contributed by atoms with van der Waals surface area (Å²) < 4.78 is 26.3. The lowest BCUT2D eigenvalue weighted by atomic mass is 9.98. The fourth-order valence-corrected chi connectivity index (χ4v) is 3.60. The first-order chi connectivity index (χ1) is 16.1. The highest BCUT2D eigenvalue weighted by Gasteiger charge is 2.34. The Balaban J connectivity index is 2.21. The Labute approximate surface area is 208 Å². The van der Waals surface area contributed by atoms with Gasteiger partial charge in [0.15, 0.2) is 0 Å². The van der Waals surface area contributed by atoms with Crippen molar-refractivity contribution < 1.29 is 23.5 Å². The van der Waals surface area contributed by atoms with Crippen LogP contribution in [0.4, 0.5) is 25.5 Å². The van der Waals surface area contributed by atoms with E-state index in [0.717, 1.165) is 4.90 Å². The van der Waals surface area contributed by atoms with Crippen molar-refractivity contribution in [2.24, 2.45) is 0 Å². The van der Waals surface area contributed by atoms with Crippen LogP contribution in [0, 0.1) is 12.7 Å². The molecule has 8 nitrogen and oxygen atoms in total. The van der Waals surface area contributed by atoms with E-state index < -0.39 is 29.2 Å². The zero-order valence-corrected chi connectivity index (χ0v) is 21.5. The number of rotatable bonds is 2. The third-order valence-corrected chi connectivity index (χ3v) is 5.16. The molecule has 186 valence electrons. The molecule has 1 aromatic carbocycles. The summed E-state index contributed by atoms with van der Waals surface area (Å²) in [4.78, 5) is 35.0. The minimum atomic E-state index is -0.954. The molecule has 0 atom stereocenters. The number of nitrogen functional groups attached to an aromatic ring is 1. The molecule has 0 aliphatic heterocycles. The summed E-state index contributed by atoms with van der Waals surface area (Å²) in [6, 6.07) is 3.14. The maximum Gasteiger partial charge on any atom is 0.424 e. The number of pyridine rings is 2. The quantitative estimate of drug-likeness (QED) is 0.417. The molecule has 2 N–H and O–H groups in total. The topological polar surface area (TPSA) is 108 Å². The van der Waals surface area contributed by atoms with E-state index in [9.17, 15) is 9.59 Å². The van der Waals surface area contributed by atoms with Gasteiger partial charge in [-0.05, 0) is 71.5 Å². The van der Waals surface area contributed by atoms with E-state index in [4.69, 9.17) is 26.8 Å². The highest BCUT2D eigenvalue weighted by molar-refractivity contribution is 6.36. The Bertz CT molecular complexity index is 1290. The van der Waals surface area contributed by atoms with Gasteiger partial charge in [-0.15, -0.1) is 0 Å². The number of carbonyl (C=O) groups is 2. The SMILES string of the molecule is Cc1c(-c2cc3cc(N)ncc3c(Cl)c2F)cncc1N(C(=O)OC(C)(C)C)C(=O)OC(C)(C)C. The first-order valence-corrected chi connectivity index (χ1v) is 11.2. The standard InChI is InChI=1S/C25H28ClFN4O4/c1-13-16(15-8-14-9-19(28)30-11-17(14)20(26)21(15)27)10-29-12-18(13)31(22(32)34-24(2,3)4)23(33)35-25(5,6)7/h8-12H,1-7H3,(H2,28,30). The fraction of sp³-hybridized carbons (Fsp3) is 0.360. The number of benzene rings is 1. The van der Waals surface area contributed by atoms with E-state index in [1.807, 2.05) is 0 Å². The number of nitrogens with two attached hydrogens (primary N) is 1. The van der Waals surface area contributed by atoms with Crippen LogP contribution in [-0.2, 0) is 9.47 Å². The Kier molecular flexibility index (Phi) is 6.95. The smallest absolute Gasteiger partial charge is 0.424 e. The number of hydrogen-bond acceptors (Lipinski definition) is 7. The van der Waals surface area contributed by atoms with Gasteiger partial charge in [-0.25, -0.2) is 19.0 Å². The first kappa shape index (κ1) is 26.2. The van der Waals surface area contributed by atoms with Gasteiger partial charge in [0.25, 0.3) is 0 Å². The van der Waals surface area contributed by atoms with E-state index in [1.54, 1.807) is 60.6 Å². The molecule has 2 heterocycles. The first-order valence-electron chi connectivity index (χ1n) is 10.8. The number of nitrogens with zero attached hydrogens (tertiary/aromatic N) is 3. The van der Waals surface area contributed by atoms with E-state index in [2.05, 4.69) is 9.97 Å². The average molecular weight is 503 g/mol. The van der Waals surface area contributed by atoms with Gasteiger partial charge >= 0.3 is 12.2 Å². The molecule has 0 radical (unpaired) electrons. The van der Waals surface area contributed by atoms with Crippen LogP contribution < -0.4 is 10.6 Å². The fourth-order valence-electron chi connectivity index (χ4n) is 3.34. The number of anilines is 2. The van der Waals surface area contributed by atoms with Crippen LogP contribution in [0.25, 0.3) is 21.9 Å². The second-order valence-corrected chi connectivity index (χ2v) is 10.4. The van der Waals surface area contributed by atoms with Crippen molar-refractivity contribution in [2.45, 2.75) is 59.7 Å². The van der Waals surface area contributed by atoms with Gasteiger partial charge in [-0.1, -0.05) is 11.6 Å². The number of ether oxygens (including phenoxy) is 2. The lowest BCUT2D eigenvalue weighted by Gasteiger charge is -2.29. The summed E-state index contributed by atoms with van der Waals surface area (Å²) >= 11 is 6.30. The Morgan fingerprint density at radius 1 is 0.971 bits per heavy atom. The normalized spacial score (nSPS) is 11.9. The van der Waals surface area contributed by atoms with Gasteiger partial charge < -0.3 is 15.2 Å². The van der Waals surface area contributed by atoms with Gasteiger partial charge in [0, 0.05) is 28.9 Å². The molecule has 3 aromatic rings. The van der Waals surface area contributed by atoms with Crippen LogP contribution in [0.5, 0.6) is 0 Å². The largest absolute Gasteiger partial charge is 0.443 e. The van der Waals surface area contributed by atoms with Crippen LogP contribution in [-0.4, -0.2) is 33.4 Å². The highest BCUT2D eigenvalue weighted by atomic mass is 35.5. The summed E-state index contributed by atoms with van der Waals surface area (Å²) in [6.07, 6.45) is 2.23. The maximum atomic E-state index is 15.4. The molecule has 2 amide bonds. The van der Waals surface area contributed by atoms with Crippen molar-refractivity contribution in [1.82, 2.24) is 9.97 Å². The third-order valence-electron chi connectivity index (χ3n) is 4.79. The summed E-state index contributed by atoms with van der Waals surface area (Å²) in [5.41, 5.74) is 4.92. The number of carbonyl (C=O) groups excluding carboxylic acids is 2. The summed E-state index contributed by atoms with van der Waals surface area (Å²) in [5, 5.41) is 0.832. The molecular weight excluding hydrogens is 475 g/mol. The second kappa shape index (κ2) is 9.30.